The van der Waals surface area contributed by atoms with Gasteiger partial charge in [0, 0.05) is 6.26 Å². The number of sulfonamides is 1. The van der Waals surface area contributed by atoms with Gasteiger partial charge in [0.15, 0.2) is 0 Å². The van der Waals surface area contributed by atoms with E-state index in [4.69, 9.17) is 0 Å². The molecule has 1 saturated carbocycles. The van der Waals surface area contributed by atoms with Crippen molar-refractivity contribution in [2.75, 3.05) is 12.8 Å². The summed E-state index contributed by atoms with van der Waals surface area (Å²) in [6.45, 7) is 0.938. The maximum atomic E-state index is 11.4. The number of aryl methyl sites for hydroxylation is 1. The molecule has 25 heavy (non-hydrogen) atoms. The van der Waals surface area contributed by atoms with Crippen LogP contribution in [0.3, 0.4) is 0 Å². The topological polar surface area (TPSA) is 60.3 Å². The van der Waals surface area contributed by atoms with Crippen LogP contribution in [0.4, 0.5) is 0 Å². The number of hydrogen-bond donors (Lipinski definition) is 1. The van der Waals surface area contributed by atoms with E-state index < -0.39 is 10.0 Å². The Hall–Kier alpha value is 0.00338. The predicted molar refractivity (Wildman–Crippen MR) is 104 cm³/mol. The van der Waals surface area contributed by atoms with Gasteiger partial charge in [-0.05, 0) is 43.8 Å². The SMILES string of the molecule is CS(=O)(=O)[N-]C1CCCCC1NCCCCc1ccccc1.[CH3-].[Cl][Ru+3]. The minimum atomic E-state index is -3.24. The molecule has 2 rings (SSSR count). The summed E-state index contributed by atoms with van der Waals surface area (Å²) in [7, 11) is 1.33. The summed E-state index contributed by atoms with van der Waals surface area (Å²) in [5.41, 5.74) is 1.38. The Labute approximate surface area is 168 Å². The van der Waals surface area contributed by atoms with Crippen LogP contribution < -0.4 is 5.32 Å². The molecule has 1 fully saturated rings. The van der Waals surface area contributed by atoms with Crippen LogP contribution in [0, 0.1) is 7.43 Å². The monoisotopic (exact) mass is 475 g/mol. The third kappa shape index (κ3) is 11.3. The van der Waals surface area contributed by atoms with E-state index in [9.17, 15) is 8.42 Å². The summed E-state index contributed by atoms with van der Waals surface area (Å²) >= 11 is 1.82. The molecule has 2 unspecified atom stereocenters. The molecular weight excluding hydrogens is 445 g/mol. The van der Waals surface area contributed by atoms with Gasteiger partial charge in [0.05, 0.1) is 10.0 Å². The molecule has 4 nitrogen and oxygen atoms in total. The van der Waals surface area contributed by atoms with E-state index in [1.54, 1.807) is 0 Å². The van der Waals surface area contributed by atoms with Gasteiger partial charge >= 0.3 is 27.0 Å². The average Bonchev–Trinajstić information content (AvgIpc) is 2.57. The van der Waals surface area contributed by atoms with Crippen LogP contribution in [0.2, 0.25) is 0 Å². The standard InChI is InChI=1S/C17H27N2O2S.CH3.ClH.Ru/c1-22(20,21)19-17-13-6-5-12-16(17)18-14-8-7-11-15-9-3-2-4-10-15;;;/h2-4,9-10,16-18H,5-8,11-14H2,1H3;1H3;1H;/q2*-1;;+4/p-1. The van der Waals surface area contributed by atoms with E-state index in [0.717, 1.165) is 51.5 Å². The van der Waals surface area contributed by atoms with Crippen LogP contribution in [-0.2, 0) is 33.8 Å². The molecule has 1 aliphatic rings. The molecule has 1 aromatic rings. The Bertz CT molecular complexity index is 543. The van der Waals surface area contributed by atoms with Crippen molar-refractivity contribution >= 4 is 19.7 Å². The molecule has 0 amide bonds. The molecule has 0 spiro atoms. The molecule has 2 atom stereocenters. The predicted octanol–water partition coefficient (Wildman–Crippen LogP) is 4.38. The van der Waals surface area contributed by atoms with E-state index in [0.29, 0.717) is 0 Å². The van der Waals surface area contributed by atoms with Crippen molar-refractivity contribution in [3.05, 3.63) is 48.0 Å². The summed E-state index contributed by atoms with van der Waals surface area (Å²) in [5, 5.41) is 3.52. The molecule has 0 saturated heterocycles. The van der Waals surface area contributed by atoms with Crippen LogP contribution >= 0.6 is 9.69 Å². The second-order valence-corrected chi connectivity index (χ2v) is 7.87. The van der Waals surface area contributed by atoms with Gasteiger partial charge in [0.2, 0.25) is 0 Å². The van der Waals surface area contributed by atoms with Gasteiger partial charge in [-0.2, -0.15) is 0 Å². The number of benzene rings is 1. The van der Waals surface area contributed by atoms with E-state index >= 15 is 0 Å². The van der Waals surface area contributed by atoms with Crippen LogP contribution in [0.5, 0.6) is 0 Å². The number of rotatable bonds is 8. The van der Waals surface area contributed by atoms with Gasteiger partial charge in [-0.3, -0.25) is 0 Å². The minimum absolute atomic E-state index is 0. The van der Waals surface area contributed by atoms with E-state index in [-0.39, 0.29) is 19.5 Å². The zero-order valence-corrected chi connectivity index (χ0v) is 18.4. The molecule has 0 aromatic heterocycles. The van der Waals surface area contributed by atoms with Gasteiger partial charge in [-0.1, -0.05) is 49.6 Å². The fourth-order valence-electron chi connectivity index (χ4n) is 3.11. The first kappa shape index (κ1) is 25.0. The molecular formula is C18H30ClN2O2RuS+. The quantitative estimate of drug-likeness (QED) is 0.345. The molecule has 0 radical (unpaired) electrons. The Morgan fingerprint density at radius 3 is 2.44 bits per heavy atom. The second-order valence-electron chi connectivity index (χ2n) is 6.19. The van der Waals surface area contributed by atoms with Crippen molar-refractivity contribution in [1.29, 1.82) is 0 Å². The molecule has 1 aliphatic carbocycles. The first-order chi connectivity index (χ1) is 11.5. The zero-order valence-electron chi connectivity index (χ0n) is 15.1. The number of halogens is 1. The fraction of sp³-hybridized carbons (Fsp3) is 0.611. The van der Waals surface area contributed by atoms with Gasteiger partial charge in [0.25, 0.3) is 0 Å². The summed E-state index contributed by atoms with van der Waals surface area (Å²) in [6, 6.07) is 10.7. The van der Waals surface area contributed by atoms with Crippen molar-refractivity contribution < 1.29 is 25.7 Å². The van der Waals surface area contributed by atoms with Crippen molar-refractivity contribution in [1.82, 2.24) is 5.32 Å². The maximum absolute atomic E-state index is 11.4. The molecule has 0 heterocycles. The van der Waals surface area contributed by atoms with Crippen molar-refractivity contribution in [2.24, 2.45) is 0 Å². The number of hydrogen-bond acceptors (Lipinski definition) is 3. The summed E-state index contributed by atoms with van der Waals surface area (Å²) in [4.78, 5) is 0. The van der Waals surface area contributed by atoms with E-state index in [2.05, 4.69) is 44.0 Å². The fourth-order valence-corrected chi connectivity index (χ4v) is 3.85. The van der Waals surface area contributed by atoms with E-state index in [1.165, 1.54) is 11.8 Å². The normalized spacial score (nSPS) is 20.1. The Balaban J connectivity index is 0.00000185. The number of unbranched alkanes of at least 4 members (excludes halogenated alkanes) is 1. The Morgan fingerprint density at radius 2 is 1.80 bits per heavy atom. The second kappa shape index (κ2) is 14.1. The summed E-state index contributed by atoms with van der Waals surface area (Å²) in [5.74, 6) is 0. The third-order valence-electron chi connectivity index (χ3n) is 4.20. The van der Waals surface area contributed by atoms with Crippen LogP contribution in [0.25, 0.3) is 4.72 Å². The van der Waals surface area contributed by atoms with Gasteiger partial charge < -0.3 is 17.5 Å². The molecule has 0 aliphatic heterocycles. The van der Waals surface area contributed by atoms with Crippen LogP contribution in [0.1, 0.15) is 44.1 Å². The summed E-state index contributed by atoms with van der Waals surface area (Å²) in [6.07, 6.45) is 8.71. The van der Waals surface area contributed by atoms with Gasteiger partial charge in [-0.15, -0.1) is 6.04 Å². The Morgan fingerprint density at radius 1 is 1.16 bits per heavy atom. The Kier molecular flexibility index (Phi) is 14.1. The van der Waals surface area contributed by atoms with E-state index in [1.807, 2.05) is 23.4 Å². The molecule has 7 heteroatoms. The van der Waals surface area contributed by atoms with Gasteiger partial charge in [-0.25, -0.2) is 8.42 Å². The summed E-state index contributed by atoms with van der Waals surface area (Å²) < 4.78 is 26.8. The number of nitrogens with one attached hydrogen (secondary N) is 1. The number of nitrogens with zero attached hydrogens (tertiary/aromatic N) is 1. The van der Waals surface area contributed by atoms with Crippen molar-refractivity contribution in [3.8, 4) is 0 Å². The third-order valence-corrected chi connectivity index (χ3v) is 4.85. The van der Waals surface area contributed by atoms with Gasteiger partial charge in [0.1, 0.15) is 0 Å². The zero-order chi connectivity index (χ0) is 17.8. The molecule has 1 aromatic carbocycles. The average molecular weight is 475 g/mol. The first-order valence-electron chi connectivity index (χ1n) is 8.37. The molecule has 144 valence electrons. The first-order valence-corrected chi connectivity index (χ1v) is 12.5. The molecule has 0 bridgehead atoms. The van der Waals surface area contributed by atoms with Crippen molar-refractivity contribution in [3.63, 3.8) is 0 Å². The van der Waals surface area contributed by atoms with Crippen LogP contribution in [0.15, 0.2) is 30.3 Å². The van der Waals surface area contributed by atoms with Crippen molar-refractivity contribution in [2.45, 2.75) is 57.0 Å². The van der Waals surface area contributed by atoms with Crippen LogP contribution in [-0.4, -0.2) is 33.3 Å². The molecule has 1 N–H and O–H groups in total.